The molecule has 5 heterocycles. The molecule has 4 amide bonds. The van der Waals surface area contributed by atoms with E-state index in [-0.39, 0.29) is 67.2 Å². The Morgan fingerprint density at radius 3 is 2.52 bits per heavy atom. The van der Waals surface area contributed by atoms with Crippen LogP contribution in [0.5, 0.6) is 11.6 Å². The predicted molar refractivity (Wildman–Crippen MR) is 207 cm³/mol. The first kappa shape index (κ1) is 40.7. The average Bonchev–Trinajstić information content (AvgIpc) is 4.16. The summed E-state index contributed by atoms with van der Waals surface area (Å²) in [5.74, 6) is -2.26. The summed E-state index contributed by atoms with van der Waals surface area (Å²) in [4.78, 5) is 66.4. The van der Waals surface area contributed by atoms with Gasteiger partial charge in [0.25, 0.3) is 5.91 Å². The zero-order chi connectivity index (χ0) is 42.4. The van der Waals surface area contributed by atoms with Gasteiger partial charge in [-0.15, -0.1) is 0 Å². The highest BCUT2D eigenvalue weighted by atomic mass is 32.2. The van der Waals surface area contributed by atoms with Crippen molar-refractivity contribution in [3.05, 3.63) is 35.5 Å². The molecule has 0 radical (unpaired) electrons. The molecule has 60 heavy (non-hydrogen) atoms. The fourth-order valence-corrected chi connectivity index (χ4v) is 11.1. The van der Waals surface area contributed by atoms with E-state index in [0.717, 1.165) is 19.3 Å². The van der Waals surface area contributed by atoms with Gasteiger partial charge in [0.15, 0.2) is 11.4 Å². The van der Waals surface area contributed by atoms with Crippen LogP contribution in [0.4, 0.5) is 18.0 Å². The highest BCUT2D eigenvalue weighted by Gasteiger charge is 2.64. The number of alkyl carbamates (subject to hydrolysis) is 1. The predicted octanol–water partition coefficient (Wildman–Crippen LogP) is 4.61. The van der Waals surface area contributed by atoms with Crippen LogP contribution in [-0.4, -0.2) is 94.8 Å². The molecule has 7 unspecified atom stereocenters. The summed E-state index contributed by atoms with van der Waals surface area (Å²) in [7, 11) is -2.72. The van der Waals surface area contributed by atoms with E-state index in [1.165, 1.54) is 31.1 Å². The molecule has 2 aromatic rings. The monoisotopic (exact) mass is 858 g/mol. The molecule has 324 valence electrons. The van der Waals surface area contributed by atoms with E-state index < -0.39 is 85.3 Å². The molecule has 15 nitrogen and oxygen atoms in total. The Labute approximate surface area is 345 Å². The Morgan fingerprint density at radius 1 is 1.03 bits per heavy atom. The van der Waals surface area contributed by atoms with Gasteiger partial charge in [0.1, 0.15) is 29.3 Å². The third-order valence-electron chi connectivity index (χ3n) is 13.9. The van der Waals surface area contributed by atoms with Crippen LogP contribution in [0.25, 0.3) is 11.0 Å². The molecule has 5 fully saturated rings. The van der Waals surface area contributed by atoms with Crippen molar-refractivity contribution in [2.45, 2.75) is 137 Å². The number of sulfonamides is 1. The first-order valence-electron chi connectivity index (χ1n) is 20.9. The minimum atomic E-state index is -4.95. The van der Waals surface area contributed by atoms with E-state index in [2.05, 4.69) is 25.3 Å². The number of methoxy groups -OCH3 is 1. The van der Waals surface area contributed by atoms with Crippen LogP contribution in [0.2, 0.25) is 0 Å². The van der Waals surface area contributed by atoms with E-state index >= 15 is 0 Å². The number of ether oxygens (including phenoxy) is 3. The molecule has 7 atom stereocenters. The number of hydrogen-bond donors (Lipinski definition) is 3. The molecule has 3 N–H and O–H groups in total. The number of carbonyl (C=O) groups excluding carboxylic acids is 4. The fraction of sp³-hybridized carbons (Fsp3) is 0.659. The van der Waals surface area contributed by atoms with Crippen LogP contribution >= 0.6 is 0 Å². The van der Waals surface area contributed by atoms with E-state index in [1.54, 1.807) is 6.08 Å². The van der Waals surface area contributed by atoms with Crippen LogP contribution in [0.1, 0.15) is 102 Å². The molecule has 7 aliphatic rings. The van der Waals surface area contributed by atoms with Crippen LogP contribution in [0.3, 0.4) is 0 Å². The second-order valence-corrected chi connectivity index (χ2v) is 20.3. The smallest absolute Gasteiger partial charge is 0.437 e. The number of rotatable bonds is 6. The van der Waals surface area contributed by atoms with Gasteiger partial charge < -0.3 is 29.7 Å². The number of aryl methyl sites for hydroxylation is 1. The lowest BCUT2D eigenvalue weighted by atomic mass is 9.87. The summed E-state index contributed by atoms with van der Waals surface area (Å²) >= 11 is 0. The maximum absolute atomic E-state index is 14.8. The number of alkyl halides is 3. The molecule has 1 saturated heterocycles. The molecule has 3 aliphatic heterocycles. The SMILES string of the molecule is COc1ccc2nc(C(F)(F)F)c3c(c2n1)CCC1(CC2C(=O)NC4(C(=O)NS(=O)(=O)C5(C)CC5)CC4C=CCCCCCC(NC(=O)OC4CC5CC5C4)C(=O)N2C1)O3. The molecule has 0 bridgehead atoms. The third kappa shape index (κ3) is 7.41. The molecule has 9 rings (SSSR count). The number of aromatic nitrogens is 2. The van der Waals surface area contributed by atoms with Crippen molar-refractivity contribution in [2.75, 3.05) is 13.7 Å². The lowest BCUT2D eigenvalue weighted by molar-refractivity contribution is -0.144. The number of fused-ring (bicyclic) bond motifs is 6. The number of pyridine rings is 2. The van der Waals surface area contributed by atoms with Gasteiger partial charge in [0.2, 0.25) is 27.7 Å². The molecular weight excluding hydrogens is 810 g/mol. The Morgan fingerprint density at radius 2 is 1.80 bits per heavy atom. The Bertz CT molecular complexity index is 2280. The van der Waals surface area contributed by atoms with Crippen molar-refractivity contribution in [2.24, 2.45) is 17.8 Å². The molecule has 0 aromatic carbocycles. The average molecular weight is 859 g/mol. The normalized spacial score (nSPS) is 33.2. The van der Waals surface area contributed by atoms with Gasteiger partial charge in [-0.2, -0.15) is 13.2 Å². The van der Waals surface area contributed by atoms with Crippen LogP contribution in [0.15, 0.2) is 24.3 Å². The molecule has 4 aliphatic carbocycles. The van der Waals surface area contributed by atoms with Crippen molar-refractivity contribution in [3.63, 3.8) is 0 Å². The van der Waals surface area contributed by atoms with Crippen LogP contribution in [0, 0.1) is 17.8 Å². The van der Waals surface area contributed by atoms with Gasteiger partial charge in [-0.25, -0.2) is 23.2 Å². The number of nitrogens with one attached hydrogen (secondary N) is 3. The second kappa shape index (κ2) is 14.5. The first-order chi connectivity index (χ1) is 28.4. The van der Waals surface area contributed by atoms with Gasteiger partial charge in [-0.05, 0) is 95.5 Å². The van der Waals surface area contributed by atoms with Crippen molar-refractivity contribution < 1.29 is 55.0 Å². The highest BCUT2D eigenvalue weighted by Crippen LogP contribution is 2.53. The molecule has 2 aromatic heterocycles. The number of hydrogen-bond acceptors (Lipinski definition) is 11. The van der Waals surface area contributed by atoms with Crippen molar-refractivity contribution >= 4 is 44.9 Å². The van der Waals surface area contributed by atoms with E-state index in [4.69, 9.17) is 14.2 Å². The molecule has 19 heteroatoms. The van der Waals surface area contributed by atoms with Gasteiger partial charge in [0.05, 0.1) is 29.4 Å². The summed E-state index contributed by atoms with van der Waals surface area (Å²) in [6, 6.07) is 0.246. The van der Waals surface area contributed by atoms with Gasteiger partial charge >= 0.3 is 12.3 Å². The quantitative estimate of drug-likeness (QED) is 0.344. The zero-order valence-corrected chi connectivity index (χ0v) is 34.3. The fourth-order valence-electron chi connectivity index (χ4n) is 9.76. The number of halogens is 3. The van der Waals surface area contributed by atoms with E-state index in [9.17, 15) is 40.8 Å². The van der Waals surface area contributed by atoms with Gasteiger partial charge in [-0.1, -0.05) is 25.0 Å². The standard InChI is InChI=1S/C41H49F3N6O9S/c1-38(14-15-38)60(55,56)49-36(53)40-19-24(40)8-6-4-3-5-7-9-28(46-37(54)58-25-17-22-16-23(22)18-25)35(52)50-21-39(20-29(50)34(51)48-40)13-12-26-31-27(10-11-30(47-31)57-2)45-33(32(26)59-39)41(42,43)44/h6,8,10-11,22-25,28-29H,3-5,7,9,12-21H2,1-2H3,(H,46,54)(H,48,51)(H,49,53). The maximum atomic E-state index is 14.8. The lowest BCUT2D eigenvalue weighted by Crippen LogP contribution is -2.58. The van der Waals surface area contributed by atoms with Crippen LogP contribution in [-0.2, 0) is 41.7 Å². The largest absolute Gasteiger partial charge is 0.483 e. The van der Waals surface area contributed by atoms with E-state index in [0.29, 0.717) is 50.4 Å². The maximum Gasteiger partial charge on any atom is 0.437 e. The van der Waals surface area contributed by atoms with Crippen molar-refractivity contribution in [1.29, 1.82) is 0 Å². The minimum absolute atomic E-state index is 0.0141. The van der Waals surface area contributed by atoms with Crippen LogP contribution < -0.4 is 24.8 Å². The number of nitrogens with zero attached hydrogens (tertiary/aromatic N) is 3. The minimum Gasteiger partial charge on any atom is -0.483 e. The zero-order valence-electron chi connectivity index (χ0n) is 33.4. The summed E-state index contributed by atoms with van der Waals surface area (Å²) < 4.78 is 89.2. The lowest BCUT2D eigenvalue weighted by Gasteiger charge is -2.37. The highest BCUT2D eigenvalue weighted by molar-refractivity contribution is 7.91. The number of amides is 4. The summed E-state index contributed by atoms with van der Waals surface area (Å²) in [5.41, 5.74) is -4.19. The summed E-state index contributed by atoms with van der Waals surface area (Å²) in [5, 5.41) is 5.56. The van der Waals surface area contributed by atoms with Gasteiger partial charge in [-0.3, -0.25) is 19.1 Å². The summed E-state index contributed by atoms with van der Waals surface area (Å²) in [6.07, 6.45) is 3.68. The number of allylic oxidation sites excluding steroid dienone is 1. The molecule has 4 saturated carbocycles. The first-order valence-corrected chi connectivity index (χ1v) is 22.4. The van der Waals surface area contributed by atoms with Crippen molar-refractivity contribution in [3.8, 4) is 11.6 Å². The molecular formula is C41H49F3N6O9S. The van der Waals surface area contributed by atoms with Gasteiger partial charge in [0, 0.05) is 24.0 Å². The van der Waals surface area contributed by atoms with Crippen molar-refractivity contribution in [1.82, 2.24) is 30.2 Å². The Hall–Kier alpha value is -4.68. The topological polar surface area (TPSA) is 195 Å². The summed E-state index contributed by atoms with van der Waals surface area (Å²) in [6.45, 7) is 1.20. The molecule has 1 spiro atoms. The third-order valence-corrected chi connectivity index (χ3v) is 16.0. The second-order valence-electron chi connectivity index (χ2n) is 18.1. The number of carbonyl (C=O) groups is 4. The Balaban J connectivity index is 1.06. The van der Waals surface area contributed by atoms with E-state index in [1.807, 2.05) is 6.08 Å². The Kier molecular flexibility index (Phi) is 9.82.